The van der Waals surface area contributed by atoms with Crippen LogP contribution in [0.3, 0.4) is 0 Å². The minimum Gasteiger partial charge on any atom is -0.493 e. The van der Waals surface area contributed by atoms with Crippen LogP contribution in [0.1, 0.15) is 42.6 Å². The number of carbonyl (C=O) groups is 1. The van der Waals surface area contributed by atoms with Crippen molar-refractivity contribution in [2.75, 3.05) is 20.3 Å². The van der Waals surface area contributed by atoms with E-state index in [0.29, 0.717) is 36.8 Å². The Kier molecular flexibility index (Phi) is 8.40. The molecule has 2 aromatic carbocycles. The van der Waals surface area contributed by atoms with Crippen LogP contribution in [0.5, 0.6) is 17.2 Å². The second kappa shape index (κ2) is 11.0. The van der Waals surface area contributed by atoms with E-state index in [1.807, 2.05) is 25.1 Å². The van der Waals surface area contributed by atoms with Gasteiger partial charge in [0.2, 0.25) is 0 Å². The molecule has 0 bridgehead atoms. The summed E-state index contributed by atoms with van der Waals surface area (Å²) in [5.41, 5.74) is 2.46. The monoisotopic (exact) mass is 383 g/mol. The summed E-state index contributed by atoms with van der Waals surface area (Å²) < 4.78 is 16.7. The van der Waals surface area contributed by atoms with Gasteiger partial charge >= 0.3 is 0 Å². The zero-order valence-electron chi connectivity index (χ0n) is 16.9. The number of nitrogens with one attached hydrogen (secondary N) is 1. The molecule has 0 heterocycles. The average Bonchev–Trinajstić information content (AvgIpc) is 2.71. The lowest BCUT2D eigenvalue weighted by Gasteiger charge is -2.12. The number of ether oxygens (including phenoxy) is 3. The van der Waals surface area contributed by atoms with Crippen molar-refractivity contribution in [2.45, 2.75) is 33.2 Å². The van der Waals surface area contributed by atoms with Gasteiger partial charge in [-0.15, -0.1) is 0 Å². The summed E-state index contributed by atoms with van der Waals surface area (Å²) in [6, 6.07) is 12.7. The summed E-state index contributed by atoms with van der Waals surface area (Å²) >= 11 is 0. The van der Waals surface area contributed by atoms with Gasteiger partial charge < -0.3 is 19.5 Å². The first-order chi connectivity index (χ1) is 13.5. The van der Waals surface area contributed by atoms with Crippen molar-refractivity contribution < 1.29 is 19.0 Å². The maximum Gasteiger partial charge on any atom is 0.251 e. The van der Waals surface area contributed by atoms with Crippen LogP contribution in [-0.4, -0.2) is 26.2 Å². The highest BCUT2D eigenvalue weighted by atomic mass is 16.5. The molecule has 0 aromatic heterocycles. The fourth-order valence-corrected chi connectivity index (χ4v) is 2.46. The van der Waals surface area contributed by atoms with Gasteiger partial charge in [-0.3, -0.25) is 4.79 Å². The molecule has 150 valence electrons. The molecule has 0 aliphatic carbocycles. The molecule has 2 aromatic rings. The summed E-state index contributed by atoms with van der Waals surface area (Å²) in [4.78, 5) is 12.4. The van der Waals surface area contributed by atoms with Gasteiger partial charge in [-0.25, -0.2) is 0 Å². The van der Waals surface area contributed by atoms with Crippen molar-refractivity contribution in [3.8, 4) is 17.2 Å². The van der Waals surface area contributed by atoms with E-state index in [1.54, 1.807) is 31.4 Å². The third-order valence-electron chi connectivity index (χ3n) is 4.04. The summed E-state index contributed by atoms with van der Waals surface area (Å²) in [5.74, 6) is 1.95. The summed E-state index contributed by atoms with van der Waals surface area (Å²) in [5, 5.41) is 2.92. The third kappa shape index (κ3) is 6.65. The predicted molar refractivity (Wildman–Crippen MR) is 111 cm³/mol. The molecule has 28 heavy (non-hydrogen) atoms. The first kappa shape index (κ1) is 21.4. The molecule has 0 radical (unpaired) electrons. The number of carbonyl (C=O) groups excluding carboxylic acids is 1. The molecule has 5 heteroatoms. The van der Waals surface area contributed by atoms with E-state index in [9.17, 15) is 4.79 Å². The van der Waals surface area contributed by atoms with E-state index in [0.717, 1.165) is 29.7 Å². The lowest BCUT2D eigenvalue weighted by Crippen LogP contribution is -2.22. The Morgan fingerprint density at radius 3 is 2.46 bits per heavy atom. The molecule has 0 unspecified atom stereocenters. The lowest BCUT2D eigenvalue weighted by atomic mass is 10.1. The minimum absolute atomic E-state index is 0.145. The van der Waals surface area contributed by atoms with Crippen LogP contribution >= 0.6 is 0 Å². The Bertz CT molecular complexity index is 784. The number of benzene rings is 2. The fourth-order valence-electron chi connectivity index (χ4n) is 2.46. The molecule has 0 fully saturated rings. The fraction of sp³-hybridized carbons (Fsp3) is 0.348. The SMILES string of the molecule is C=C(C)COc1ccc(C(=O)NCc2ccc(OCCCC)c(OC)c2)cc1. The van der Waals surface area contributed by atoms with E-state index in [4.69, 9.17) is 14.2 Å². The molecule has 0 saturated heterocycles. The molecular weight excluding hydrogens is 354 g/mol. The number of hydrogen-bond acceptors (Lipinski definition) is 4. The number of rotatable bonds is 11. The maximum absolute atomic E-state index is 12.4. The smallest absolute Gasteiger partial charge is 0.251 e. The second-order valence-corrected chi connectivity index (χ2v) is 6.64. The highest BCUT2D eigenvalue weighted by Crippen LogP contribution is 2.28. The van der Waals surface area contributed by atoms with Crippen LogP contribution < -0.4 is 19.5 Å². The van der Waals surface area contributed by atoms with Crippen molar-refractivity contribution in [1.82, 2.24) is 5.32 Å². The molecular formula is C23H29NO4. The predicted octanol–water partition coefficient (Wildman–Crippen LogP) is 4.76. The standard InChI is InChI=1S/C23H29NO4/c1-5-6-13-27-21-12-7-18(14-22(21)26-4)15-24-23(25)19-8-10-20(11-9-19)28-16-17(2)3/h7-12,14H,2,5-6,13,15-16H2,1,3-4H3,(H,24,25). The first-order valence-electron chi connectivity index (χ1n) is 9.48. The van der Waals surface area contributed by atoms with Gasteiger partial charge in [0.05, 0.1) is 13.7 Å². The molecule has 0 atom stereocenters. The van der Waals surface area contributed by atoms with Crippen LogP contribution in [0.15, 0.2) is 54.6 Å². The summed E-state index contributed by atoms with van der Waals surface area (Å²) in [6.45, 7) is 9.35. The lowest BCUT2D eigenvalue weighted by molar-refractivity contribution is 0.0951. The van der Waals surface area contributed by atoms with Crippen molar-refractivity contribution >= 4 is 5.91 Å². The van der Waals surface area contributed by atoms with Crippen LogP contribution in [0.2, 0.25) is 0 Å². The van der Waals surface area contributed by atoms with E-state index >= 15 is 0 Å². The van der Waals surface area contributed by atoms with Gasteiger partial charge in [-0.2, -0.15) is 0 Å². The van der Waals surface area contributed by atoms with E-state index < -0.39 is 0 Å². The largest absolute Gasteiger partial charge is 0.493 e. The third-order valence-corrected chi connectivity index (χ3v) is 4.04. The molecule has 0 aliphatic heterocycles. The van der Waals surface area contributed by atoms with E-state index in [1.165, 1.54) is 0 Å². The van der Waals surface area contributed by atoms with Gasteiger partial charge in [0.15, 0.2) is 11.5 Å². The molecule has 0 spiro atoms. The Morgan fingerprint density at radius 1 is 1.07 bits per heavy atom. The highest BCUT2D eigenvalue weighted by molar-refractivity contribution is 5.94. The number of hydrogen-bond donors (Lipinski definition) is 1. The van der Waals surface area contributed by atoms with Gasteiger partial charge in [0.1, 0.15) is 12.4 Å². The van der Waals surface area contributed by atoms with Crippen LogP contribution in [0.25, 0.3) is 0 Å². The highest BCUT2D eigenvalue weighted by Gasteiger charge is 2.09. The molecule has 0 saturated carbocycles. The van der Waals surface area contributed by atoms with Crippen molar-refractivity contribution in [3.63, 3.8) is 0 Å². The van der Waals surface area contributed by atoms with Gasteiger partial charge in [-0.1, -0.05) is 26.0 Å². The number of methoxy groups -OCH3 is 1. The zero-order chi connectivity index (χ0) is 20.4. The quantitative estimate of drug-likeness (QED) is 0.449. The Labute approximate surface area is 167 Å². The first-order valence-corrected chi connectivity index (χ1v) is 9.48. The molecule has 0 aliphatic rings. The van der Waals surface area contributed by atoms with E-state index in [-0.39, 0.29) is 5.91 Å². The van der Waals surface area contributed by atoms with Crippen molar-refractivity contribution in [2.24, 2.45) is 0 Å². The average molecular weight is 383 g/mol. The van der Waals surface area contributed by atoms with E-state index in [2.05, 4.69) is 18.8 Å². The Balaban J connectivity index is 1.91. The second-order valence-electron chi connectivity index (χ2n) is 6.64. The molecule has 5 nitrogen and oxygen atoms in total. The summed E-state index contributed by atoms with van der Waals surface area (Å²) in [6.07, 6.45) is 2.07. The summed E-state index contributed by atoms with van der Waals surface area (Å²) in [7, 11) is 1.61. The molecule has 2 rings (SSSR count). The van der Waals surface area contributed by atoms with Crippen LogP contribution in [0.4, 0.5) is 0 Å². The topological polar surface area (TPSA) is 56.8 Å². The minimum atomic E-state index is -0.145. The van der Waals surface area contributed by atoms with Crippen molar-refractivity contribution in [3.05, 3.63) is 65.7 Å². The molecule has 1 amide bonds. The van der Waals surface area contributed by atoms with Gasteiger partial charge in [-0.05, 0) is 60.9 Å². The number of amides is 1. The Hall–Kier alpha value is -2.95. The number of unbranched alkanes of at least 4 members (excludes halogenated alkanes) is 1. The molecule has 1 N–H and O–H groups in total. The van der Waals surface area contributed by atoms with Crippen molar-refractivity contribution in [1.29, 1.82) is 0 Å². The van der Waals surface area contributed by atoms with Crippen LogP contribution in [0, 0.1) is 0 Å². The van der Waals surface area contributed by atoms with Gasteiger partial charge in [0.25, 0.3) is 5.91 Å². The normalized spacial score (nSPS) is 10.2. The van der Waals surface area contributed by atoms with Gasteiger partial charge in [0, 0.05) is 12.1 Å². The van der Waals surface area contributed by atoms with Crippen LogP contribution in [-0.2, 0) is 6.54 Å². The zero-order valence-corrected chi connectivity index (χ0v) is 16.9. The Morgan fingerprint density at radius 2 is 1.82 bits per heavy atom. The maximum atomic E-state index is 12.4.